The minimum Gasteiger partial charge on any atom is -0.410 e. The Morgan fingerprint density at radius 3 is 2.41 bits per heavy atom. The van der Waals surface area contributed by atoms with Gasteiger partial charge in [-0.05, 0) is 43.0 Å². The fraction of sp³-hybridized carbons (Fsp3) is 0.778. The third-order valence-corrected chi connectivity index (χ3v) is 10.2. The minimum absolute atomic E-state index is 0.0722. The van der Waals surface area contributed by atoms with E-state index in [9.17, 15) is 10.2 Å². The molecule has 1 saturated carbocycles. The third kappa shape index (κ3) is 3.25. The van der Waals surface area contributed by atoms with Gasteiger partial charge in [0.1, 0.15) is 5.60 Å². The van der Waals surface area contributed by atoms with Gasteiger partial charge in [-0.15, -0.1) is 0 Å². The van der Waals surface area contributed by atoms with Crippen molar-refractivity contribution < 1.29 is 14.6 Å². The number of rotatable bonds is 2. The summed E-state index contributed by atoms with van der Waals surface area (Å²) >= 11 is 0. The van der Waals surface area contributed by atoms with E-state index in [1.807, 2.05) is 12.2 Å². The van der Waals surface area contributed by atoms with Gasteiger partial charge < -0.3 is 14.6 Å². The SMILES string of the molecule is C[C@@H]1C[C@H]2C=CC=C[C@@](O)([C@H](O)C1)[C@H]2O[Si](C)(C)C(C)(C)C. The highest BCUT2D eigenvalue weighted by molar-refractivity contribution is 6.74. The highest BCUT2D eigenvalue weighted by Crippen LogP contribution is 2.44. The molecule has 2 aliphatic carbocycles. The summed E-state index contributed by atoms with van der Waals surface area (Å²) in [4.78, 5) is 0. The lowest BCUT2D eigenvalue weighted by atomic mass is 9.85. The summed E-state index contributed by atoms with van der Waals surface area (Å²) in [5.41, 5.74) is -1.30. The smallest absolute Gasteiger partial charge is 0.192 e. The van der Waals surface area contributed by atoms with E-state index in [1.54, 1.807) is 6.08 Å². The average Bonchev–Trinajstić information content (AvgIpc) is 2.55. The maximum absolute atomic E-state index is 11.3. The molecule has 0 amide bonds. The van der Waals surface area contributed by atoms with E-state index in [2.05, 4.69) is 46.9 Å². The van der Waals surface area contributed by atoms with Gasteiger partial charge in [-0.25, -0.2) is 0 Å². The van der Waals surface area contributed by atoms with Crippen molar-refractivity contribution >= 4 is 8.32 Å². The number of fused-ring (bicyclic) bond motifs is 2. The Bertz CT molecular complexity index is 463. The zero-order chi connectivity index (χ0) is 16.8. The molecule has 126 valence electrons. The fourth-order valence-electron chi connectivity index (χ4n) is 3.26. The summed E-state index contributed by atoms with van der Waals surface area (Å²) in [7, 11) is -2.04. The molecule has 0 unspecified atom stereocenters. The van der Waals surface area contributed by atoms with Gasteiger partial charge >= 0.3 is 0 Å². The zero-order valence-electron chi connectivity index (χ0n) is 14.8. The number of aliphatic hydroxyl groups excluding tert-OH is 1. The lowest BCUT2D eigenvalue weighted by Crippen LogP contribution is -2.58. The summed E-state index contributed by atoms with van der Waals surface area (Å²) in [6, 6.07) is 0. The summed E-state index contributed by atoms with van der Waals surface area (Å²) in [6.07, 6.45) is 8.11. The molecule has 0 aromatic heterocycles. The lowest BCUT2D eigenvalue weighted by molar-refractivity contribution is -0.115. The molecule has 2 N–H and O–H groups in total. The topological polar surface area (TPSA) is 49.7 Å². The van der Waals surface area contributed by atoms with E-state index in [-0.39, 0.29) is 17.1 Å². The van der Waals surface area contributed by atoms with Crippen LogP contribution in [0, 0.1) is 11.8 Å². The van der Waals surface area contributed by atoms with Gasteiger partial charge in [-0.2, -0.15) is 0 Å². The first-order valence-electron chi connectivity index (χ1n) is 8.41. The maximum Gasteiger partial charge on any atom is 0.192 e. The number of hydrogen-bond acceptors (Lipinski definition) is 3. The maximum atomic E-state index is 11.3. The first-order valence-corrected chi connectivity index (χ1v) is 11.3. The van der Waals surface area contributed by atoms with Crippen LogP contribution in [0.2, 0.25) is 18.1 Å². The molecule has 5 atom stereocenters. The Morgan fingerprint density at radius 2 is 1.82 bits per heavy atom. The molecule has 0 saturated heterocycles. The van der Waals surface area contributed by atoms with E-state index >= 15 is 0 Å². The molecule has 0 spiro atoms. The van der Waals surface area contributed by atoms with E-state index in [1.165, 1.54) is 0 Å². The second-order valence-corrected chi connectivity index (χ2v) is 13.4. The van der Waals surface area contributed by atoms with Gasteiger partial charge in [0.2, 0.25) is 0 Å². The highest BCUT2D eigenvalue weighted by Gasteiger charge is 2.52. The highest BCUT2D eigenvalue weighted by atomic mass is 28.4. The monoisotopic (exact) mass is 324 g/mol. The van der Waals surface area contributed by atoms with Gasteiger partial charge in [0.15, 0.2) is 8.32 Å². The molecular formula is C18H32O3Si. The molecular weight excluding hydrogens is 292 g/mol. The van der Waals surface area contributed by atoms with Crippen LogP contribution < -0.4 is 0 Å². The Balaban J connectivity index is 2.42. The summed E-state index contributed by atoms with van der Waals surface area (Å²) in [5, 5.41) is 22.0. The van der Waals surface area contributed by atoms with E-state index in [0.717, 1.165) is 6.42 Å². The van der Waals surface area contributed by atoms with E-state index < -0.39 is 20.0 Å². The van der Waals surface area contributed by atoms with Crippen molar-refractivity contribution in [2.45, 2.75) is 76.5 Å². The van der Waals surface area contributed by atoms with Crippen LogP contribution in [0.1, 0.15) is 40.5 Å². The van der Waals surface area contributed by atoms with Crippen LogP contribution >= 0.6 is 0 Å². The predicted octanol–water partition coefficient (Wildman–Crippen LogP) is 3.64. The summed E-state index contributed by atoms with van der Waals surface area (Å²) < 4.78 is 6.62. The molecule has 2 aliphatic rings. The molecule has 3 nitrogen and oxygen atoms in total. The van der Waals surface area contributed by atoms with Crippen LogP contribution in [0.4, 0.5) is 0 Å². The second-order valence-electron chi connectivity index (χ2n) is 8.69. The van der Waals surface area contributed by atoms with Gasteiger partial charge in [0.25, 0.3) is 0 Å². The second kappa shape index (κ2) is 5.89. The van der Waals surface area contributed by atoms with Crippen LogP contribution in [0.25, 0.3) is 0 Å². The standard InChI is InChI=1S/C18H32O3Si/c1-13-11-14-9-7-8-10-18(20,15(19)12-13)16(14)21-22(5,6)17(2,3)4/h7-10,13-16,19-20H,11-12H2,1-6H3/t13-,14-,15-,16+,18-/m1/s1. The van der Waals surface area contributed by atoms with E-state index in [0.29, 0.717) is 12.3 Å². The molecule has 1 fully saturated rings. The Hall–Kier alpha value is -0.423. The van der Waals surface area contributed by atoms with Crippen LogP contribution in [-0.2, 0) is 4.43 Å². The third-order valence-electron chi connectivity index (χ3n) is 5.74. The fourth-order valence-corrected chi connectivity index (χ4v) is 4.62. The van der Waals surface area contributed by atoms with Crippen molar-refractivity contribution in [2.24, 2.45) is 11.8 Å². The predicted molar refractivity (Wildman–Crippen MR) is 93.2 cm³/mol. The van der Waals surface area contributed by atoms with Crippen LogP contribution in [0.3, 0.4) is 0 Å². The quantitative estimate of drug-likeness (QED) is 0.762. The number of hydrogen-bond donors (Lipinski definition) is 2. The molecule has 0 heterocycles. The Labute approximate surface area is 136 Å². The van der Waals surface area contributed by atoms with Crippen molar-refractivity contribution in [3.05, 3.63) is 24.3 Å². The van der Waals surface area contributed by atoms with Crippen LogP contribution in [0.5, 0.6) is 0 Å². The lowest BCUT2D eigenvalue weighted by Gasteiger charge is -2.46. The molecule has 2 rings (SSSR count). The van der Waals surface area contributed by atoms with Gasteiger partial charge in [0.05, 0.1) is 12.2 Å². The largest absolute Gasteiger partial charge is 0.410 e. The molecule has 0 aliphatic heterocycles. The van der Waals surface area contributed by atoms with Crippen LogP contribution in [-0.4, -0.2) is 36.3 Å². The van der Waals surface area contributed by atoms with Crippen molar-refractivity contribution in [2.75, 3.05) is 0 Å². The summed E-state index contributed by atoms with van der Waals surface area (Å²) in [5.74, 6) is 0.511. The summed E-state index contributed by atoms with van der Waals surface area (Å²) in [6.45, 7) is 13.2. The Morgan fingerprint density at radius 1 is 1.18 bits per heavy atom. The average molecular weight is 325 g/mol. The minimum atomic E-state index is -2.04. The normalized spacial score (nSPS) is 39.5. The van der Waals surface area contributed by atoms with E-state index in [4.69, 9.17) is 4.43 Å². The van der Waals surface area contributed by atoms with Crippen LogP contribution in [0.15, 0.2) is 24.3 Å². The van der Waals surface area contributed by atoms with Crippen molar-refractivity contribution in [1.29, 1.82) is 0 Å². The number of aliphatic hydroxyl groups is 2. The molecule has 0 radical (unpaired) electrons. The van der Waals surface area contributed by atoms with Gasteiger partial charge in [0, 0.05) is 5.92 Å². The molecule has 0 aromatic rings. The molecule has 2 bridgehead atoms. The molecule has 0 aromatic carbocycles. The van der Waals surface area contributed by atoms with Gasteiger partial charge in [-0.1, -0.05) is 45.9 Å². The Kier molecular flexibility index (Phi) is 4.80. The van der Waals surface area contributed by atoms with Crippen molar-refractivity contribution in [3.63, 3.8) is 0 Å². The number of allylic oxidation sites excluding steroid dienone is 2. The first kappa shape index (κ1) is 17.9. The zero-order valence-corrected chi connectivity index (χ0v) is 15.8. The van der Waals surface area contributed by atoms with Gasteiger partial charge in [-0.3, -0.25) is 0 Å². The van der Waals surface area contributed by atoms with Crippen molar-refractivity contribution in [3.8, 4) is 0 Å². The van der Waals surface area contributed by atoms with Crippen molar-refractivity contribution in [1.82, 2.24) is 0 Å². The molecule has 4 heteroatoms. The molecule has 22 heavy (non-hydrogen) atoms. The first-order chi connectivity index (χ1) is 9.97.